The lowest BCUT2D eigenvalue weighted by atomic mass is 10.1. The molecule has 1 aliphatic heterocycles. The third kappa shape index (κ3) is 4.38. The van der Waals surface area contributed by atoms with E-state index in [1.807, 2.05) is 0 Å². The molecule has 1 saturated heterocycles. The Morgan fingerprint density at radius 2 is 1.52 bits per heavy atom. The van der Waals surface area contributed by atoms with E-state index in [4.69, 9.17) is 0 Å². The van der Waals surface area contributed by atoms with Crippen molar-refractivity contribution in [3.8, 4) is 0 Å². The first-order valence-corrected chi connectivity index (χ1v) is 8.46. The Labute approximate surface area is 155 Å². The van der Waals surface area contributed by atoms with Crippen LogP contribution in [0.3, 0.4) is 0 Å². The summed E-state index contributed by atoms with van der Waals surface area (Å²) in [7, 11) is 0. The second-order valence-corrected chi connectivity index (χ2v) is 6.15. The lowest BCUT2D eigenvalue weighted by Crippen LogP contribution is -2.50. The van der Waals surface area contributed by atoms with E-state index >= 15 is 0 Å². The molecule has 140 valence electrons. The largest absolute Gasteiger partial charge is 0.335 e. The summed E-state index contributed by atoms with van der Waals surface area (Å²) < 4.78 is 0. The van der Waals surface area contributed by atoms with Gasteiger partial charge in [-0.3, -0.25) is 19.2 Å². The molecule has 0 unspecified atom stereocenters. The van der Waals surface area contributed by atoms with Crippen LogP contribution in [0.4, 0.5) is 5.69 Å². The molecule has 2 aromatic rings. The molecule has 1 aromatic carbocycles. The van der Waals surface area contributed by atoms with Crippen LogP contribution in [0.1, 0.15) is 27.8 Å². The van der Waals surface area contributed by atoms with Gasteiger partial charge in [-0.2, -0.15) is 5.10 Å². The molecule has 0 radical (unpaired) electrons. The molecule has 1 aliphatic rings. The van der Waals surface area contributed by atoms with Gasteiger partial charge in [-0.1, -0.05) is 0 Å². The third-order valence-corrected chi connectivity index (χ3v) is 4.20. The van der Waals surface area contributed by atoms with Crippen LogP contribution in [0.25, 0.3) is 0 Å². The molecule has 3 rings (SSSR count). The summed E-state index contributed by atoms with van der Waals surface area (Å²) in [6, 6.07) is 9.32. The summed E-state index contributed by atoms with van der Waals surface area (Å²) in [4.78, 5) is 50.3. The lowest BCUT2D eigenvalue weighted by Gasteiger charge is -2.34. The Balaban J connectivity index is 1.59. The fourth-order valence-corrected chi connectivity index (χ4v) is 2.82. The zero-order chi connectivity index (χ0) is 19.4. The quantitative estimate of drug-likeness (QED) is 0.809. The highest BCUT2D eigenvalue weighted by Crippen LogP contribution is 2.14. The van der Waals surface area contributed by atoms with E-state index in [1.165, 1.54) is 19.1 Å². The number of piperazine rings is 1. The van der Waals surface area contributed by atoms with Gasteiger partial charge >= 0.3 is 0 Å². The van der Waals surface area contributed by atoms with E-state index in [2.05, 4.69) is 15.5 Å². The highest BCUT2D eigenvalue weighted by atomic mass is 16.2. The van der Waals surface area contributed by atoms with Crippen molar-refractivity contribution in [1.82, 2.24) is 20.0 Å². The topological polar surface area (TPSA) is 115 Å². The zero-order valence-corrected chi connectivity index (χ0v) is 14.8. The van der Waals surface area contributed by atoms with Crippen molar-refractivity contribution in [1.29, 1.82) is 0 Å². The number of aromatic nitrogens is 2. The average molecular weight is 369 g/mol. The smallest absolute Gasteiger partial charge is 0.274 e. The van der Waals surface area contributed by atoms with Gasteiger partial charge in [0.1, 0.15) is 5.69 Å². The van der Waals surface area contributed by atoms with Crippen LogP contribution >= 0.6 is 0 Å². The van der Waals surface area contributed by atoms with E-state index in [9.17, 15) is 19.2 Å². The standard InChI is InChI=1S/C18H19N5O4/c1-12(24)19-14-4-2-13(3-5-14)17(26)22-8-10-23(11-9-22)18(27)15-6-7-16(25)21-20-15/h2-7H,8-11H2,1H3,(H,19,24)(H,21,25). The first-order chi connectivity index (χ1) is 12.9. The van der Waals surface area contributed by atoms with Crippen LogP contribution in [0.5, 0.6) is 0 Å². The summed E-state index contributed by atoms with van der Waals surface area (Å²) in [5.74, 6) is -0.580. The molecule has 2 heterocycles. The minimum atomic E-state index is -0.369. The molecule has 3 amide bonds. The maximum Gasteiger partial charge on any atom is 0.274 e. The summed E-state index contributed by atoms with van der Waals surface area (Å²) in [6.45, 7) is 3.00. The van der Waals surface area contributed by atoms with Crippen LogP contribution in [0.15, 0.2) is 41.2 Å². The number of H-pyrrole nitrogens is 1. The molecule has 0 spiro atoms. The molecule has 0 bridgehead atoms. The second-order valence-electron chi connectivity index (χ2n) is 6.15. The van der Waals surface area contributed by atoms with Gasteiger partial charge in [-0.15, -0.1) is 0 Å². The van der Waals surface area contributed by atoms with Crippen LogP contribution in [0, 0.1) is 0 Å². The van der Waals surface area contributed by atoms with Gasteiger partial charge in [0.2, 0.25) is 5.91 Å². The number of nitrogens with one attached hydrogen (secondary N) is 2. The molecular weight excluding hydrogens is 350 g/mol. The van der Waals surface area contributed by atoms with E-state index in [0.717, 1.165) is 0 Å². The molecule has 1 aromatic heterocycles. The van der Waals surface area contributed by atoms with Crippen molar-refractivity contribution in [2.45, 2.75) is 6.92 Å². The number of benzene rings is 1. The maximum atomic E-state index is 12.6. The number of nitrogens with zero attached hydrogens (tertiary/aromatic N) is 3. The molecule has 27 heavy (non-hydrogen) atoms. The van der Waals surface area contributed by atoms with Gasteiger partial charge in [0.15, 0.2) is 0 Å². The number of rotatable bonds is 3. The van der Waals surface area contributed by atoms with Crippen molar-refractivity contribution in [3.05, 3.63) is 58.0 Å². The highest BCUT2D eigenvalue weighted by Gasteiger charge is 2.26. The Bertz CT molecular complexity index is 894. The number of hydrogen-bond acceptors (Lipinski definition) is 5. The summed E-state index contributed by atoms with van der Waals surface area (Å²) in [5, 5.41) is 8.64. The van der Waals surface area contributed by atoms with E-state index in [1.54, 1.807) is 34.1 Å². The normalized spacial score (nSPS) is 14.0. The Morgan fingerprint density at radius 3 is 2.04 bits per heavy atom. The molecule has 9 nitrogen and oxygen atoms in total. The van der Waals surface area contributed by atoms with Crippen LogP contribution in [-0.2, 0) is 4.79 Å². The number of hydrogen-bond donors (Lipinski definition) is 2. The van der Waals surface area contributed by atoms with Crippen molar-refractivity contribution in [2.24, 2.45) is 0 Å². The van der Waals surface area contributed by atoms with Crippen LogP contribution in [-0.4, -0.2) is 63.9 Å². The lowest BCUT2D eigenvalue weighted by molar-refractivity contribution is -0.114. The molecule has 0 atom stereocenters. The fraction of sp³-hybridized carbons (Fsp3) is 0.278. The van der Waals surface area contributed by atoms with Crippen LogP contribution < -0.4 is 10.9 Å². The summed E-state index contributed by atoms with van der Waals surface area (Å²) in [5.41, 5.74) is 0.948. The number of amides is 3. The third-order valence-electron chi connectivity index (χ3n) is 4.20. The number of anilines is 1. The Hall–Kier alpha value is -3.49. The Kier molecular flexibility index (Phi) is 5.30. The number of carbonyl (C=O) groups is 3. The van der Waals surface area contributed by atoms with E-state index in [-0.39, 0.29) is 29.0 Å². The zero-order valence-electron chi connectivity index (χ0n) is 14.8. The van der Waals surface area contributed by atoms with Crippen molar-refractivity contribution >= 4 is 23.4 Å². The second kappa shape index (κ2) is 7.81. The van der Waals surface area contributed by atoms with Gasteiger partial charge in [0.05, 0.1) is 0 Å². The first-order valence-electron chi connectivity index (χ1n) is 8.46. The van der Waals surface area contributed by atoms with Gasteiger partial charge < -0.3 is 15.1 Å². The number of aromatic amines is 1. The predicted molar refractivity (Wildman–Crippen MR) is 97.4 cm³/mol. The van der Waals surface area contributed by atoms with Gasteiger partial charge in [0, 0.05) is 50.4 Å². The average Bonchev–Trinajstić information content (AvgIpc) is 2.68. The van der Waals surface area contributed by atoms with Crippen molar-refractivity contribution < 1.29 is 14.4 Å². The van der Waals surface area contributed by atoms with Gasteiger partial charge in [-0.25, -0.2) is 5.10 Å². The number of carbonyl (C=O) groups excluding carboxylic acids is 3. The van der Waals surface area contributed by atoms with Gasteiger partial charge in [0.25, 0.3) is 17.4 Å². The van der Waals surface area contributed by atoms with Crippen LogP contribution in [0.2, 0.25) is 0 Å². The highest BCUT2D eigenvalue weighted by molar-refractivity contribution is 5.96. The summed E-state index contributed by atoms with van der Waals surface area (Å²) in [6.07, 6.45) is 0. The van der Waals surface area contributed by atoms with E-state index in [0.29, 0.717) is 37.4 Å². The van der Waals surface area contributed by atoms with Gasteiger partial charge in [-0.05, 0) is 30.3 Å². The first kappa shape index (κ1) is 18.3. The molecule has 0 aliphatic carbocycles. The minimum absolute atomic E-state index is 0.126. The Morgan fingerprint density at radius 1 is 0.926 bits per heavy atom. The minimum Gasteiger partial charge on any atom is -0.335 e. The van der Waals surface area contributed by atoms with Crippen molar-refractivity contribution in [2.75, 3.05) is 31.5 Å². The predicted octanol–water partition coefficient (Wildman–Crippen LogP) is 0.327. The van der Waals surface area contributed by atoms with Crippen molar-refractivity contribution in [3.63, 3.8) is 0 Å². The molecular formula is C18H19N5O4. The maximum absolute atomic E-state index is 12.6. The SMILES string of the molecule is CC(=O)Nc1ccc(C(=O)N2CCN(C(=O)c3ccc(=O)[nH]n3)CC2)cc1. The molecule has 2 N–H and O–H groups in total. The van der Waals surface area contributed by atoms with E-state index < -0.39 is 0 Å². The molecule has 0 saturated carbocycles. The summed E-state index contributed by atoms with van der Waals surface area (Å²) >= 11 is 0. The molecule has 1 fully saturated rings. The monoisotopic (exact) mass is 369 g/mol. The fourth-order valence-electron chi connectivity index (χ4n) is 2.82. The molecule has 9 heteroatoms.